The third-order valence-corrected chi connectivity index (χ3v) is 3.99. The Morgan fingerprint density at radius 2 is 1.58 bits per heavy atom. The average Bonchev–Trinajstić information content (AvgIpc) is 2.97. The second-order valence-electron chi connectivity index (χ2n) is 5.93. The Morgan fingerprint density at radius 1 is 0.923 bits per heavy atom. The largest absolute Gasteiger partial charge is 0.326 e. The first-order chi connectivity index (χ1) is 12.6. The van der Waals surface area contributed by atoms with Gasteiger partial charge in [-0.05, 0) is 30.3 Å². The van der Waals surface area contributed by atoms with E-state index in [4.69, 9.17) is 0 Å². The number of benzene rings is 2. The Kier molecular flexibility index (Phi) is 5.45. The zero-order valence-corrected chi connectivity index (χ0v) is 14.2. The van der Waals surface area contributed by atoms with Gasteiger partial charge in [0, 0.05) is 42.6 Å². The van der Waals surface area contributed by atoms with Gasteiger partial charge in [0.1, 0.15) is 0 Å². The van der Waals surface area contributed by atoms with Gasteiger partial charge in [-0.1, -0.05) is 36.1 Å². The molecule has 0 spiro atoms. The molecule has 3 amide bonds. The molecular formula is C21H18N2O3. The van der Waals surface area contributed by atoms with Crippen molar-refractivity contribution in [2.75, 3.05) is 11.9 Å². The highest BCUT2D eigenvalue weighted by Crippen LogP contribution is 2.13. The molecule has 26 heavy (non-hydrogen) atoms. The first-order valence-electron chi connectivity index (χ1n) is 8.42. The van der Waals surface area contributed by atoms with Crippen molar-refractivity contribution in [1.29, 1.82) is 0 Å². The summed E-state index contributed by atoms with van der Waals surface area (Å²) in [5.41, 5.74) is 2.34. The molecule has 0 bridgehead atoms. The van der Waals surface area contributed by atoms with Gasteiger partial charge >= 0.3 is 0 Å². The van der Waals surface area contributed by atoms with Crippen LogP contribution in [-0.2, 0) is 14.4 Å². The monoisotopic (exact) mass is 346 g/mol. The molecule has 0 radical (unpaired) electrons. The molecule has 2 aromatic rings. The molecule has 0 atom stereocenters. The molecule has 5 nitrogen and oxygen atoms in total. The highest BCUT2D eigenvalue weighted by molar-refractivity contribution is 6.02. The van der Waals surface area contributed by atoms with Crippen LogP contribution in [0, 0.1) is 11.8 Å². The predicted octanol–water partition coefficient (Wildman–Crippen LogP) is 2.56. The minimum absolute atomic E-state index is 0.0808. The van der Waals surface area contributed by atoms with Crippen LogP contribution >= 0.6 is 0 Å². The van der Waals surface area contributed by atoms with E-state index < -0.39 is 0 Å². The van der Waals surface area contributed by atoms with E-state index in [1.54, 1.807) is 12.1 Å². The number of hydrogen-bond donors (Lipinski definition) is 1. The van der Waals surface area contributed by atoms with Gasteiger partial charge in [-0.2, -0.15) is 0 Å². The minimum atomic E-state index is -0.245. The summed E-state index contributed by atoms with van der Waals surface area (Å²) in [5.74, 6) is 5.47. The van der Waals surface area contributed by atoms with Crippen LogP contribution in [0.25, 0.3) is 0 Å². The SMILES string of the molecule is O=C(CCN1C(=O)CCC1=O)Nc1cccc(C#Cc2ccccc2)c1. The summed E-state index contributed by atoms with van der Waals surface area (Å²) in [7, 11) is 0. The molecule has 130 valence electrons. The molecule has 1 saturated heterocycles. The smallest absolute Gasteiger partial charge is 0.229 e. The maximum absolute atomic E-state index is 12.1. The Bertz CT molecular complexity index is 878. The second-order valence-corrected chi connectivity index (χ2v) is 5.93. The molecule has 0 aliphatic carbocycles. The fourth-order valence-corrected chi connectivity index (χ4v) is 2.65. The van der Waals surface area contributed by atoms with Crippen LogP contribution in [0.4, 0.5) is 5.69 Å². The molecule has 2 aromatic carbocycles. The molecule has 0 saturated carbocycles. The van der Waals surface area contributed by atoms with Gasteiger partial charge in [0.15, 0.2) is 0 Å². The van der Waals surface area contributed by atoms with Crippen molar-refractivity contribution < 1.29 is 14.4 Å². The summed E-state index contributed by atoms with van der Waals surface area (Å²) < 4.78 is 0. The van der Waals surface area contributed by atoms with Crippen LogP contribution in [0.2, 0.25) is 0 Å². The molecule has 1 aliphatic heterocycles. The first kappa shape index (κ1) is 17.4. The van der Waals surface area contributed by atoms with Gasteiger partial charge in [-0.15, -0.1) is 0 Å². The van der Waals surface area contributed by atoms with E-state index in [1.165, 1.54) is 0 Å². The van der Waals surface area contributed by atoms with Crippen LogP contribution in [0.5, 0.6) is 0 Å². The van der Waals surface area contributed by atoms with Gasteiger partial charge in [0.25, 0.3) is 0 Å². The Balaban J connectivity index is 1.58. The summed E-state index contributed by atoms with van der Waals surface area (Å²) in [5, 5.41) is 2.78. The average molecular weight is 346 g/mol. The number of nitrogens with zero attached hydrogens (tertiary/aromatic N) is 1. The number of amides is 3. The van der Waals surface area contributed by atoms with E-state index in [-0.39, 0.29) is 43.5 Å². The summed E-state index contributed by atoms with van der Waals surface area (Å²) in [6, 6.07) is 16.9. The van der Waals surface area contributed by atoms with Gasteiger partial charge in [0.2, 0.25) is 17.7 Å². The summed E-state index contributed by atoms with van der Waals surface area (Å²) in [6.07, 6.45) is 0.558. The van der Waals surface area contributed by atoms with Gasteiger partial charge in [-0.3, -0.25) is 19.3 Å². The summed E-state index contributed by atoms with van der Waals surface area (Å²) in [4.78, 5) is 36.3. The standard InChI is InChI=1S/C21H18N2O3/c24-19(13-14-23-20(25)11-12-21(23)26)22-18-8-4-7-17(15-18)10-9-16-5-2-1-3-6-16/h1-8,15H,11-14H2,(H,22,24). The number of rotatable bonds is 4. The third kappa shape index (κ3) is 4.58. The maximum Gasteiger partial charge on any atom is 0.229 e. The van der Waals surface area contributed by atoms with Crippen LogP contribution in [0.3, 0.4) is 0 Å². The third-order valence-electron chi connectivity index (χ3n) is 3.99. The number of likely N-dealkylation sites (tertiary alicyclic amines) is 1. The topological polar surface area (TPSA) is 66.5 Å². The van der Waals surface area contributed by atoms with Gasteiger partial charge in [0.05, 0.1) is 0 Å². The van der Waals surface area contributed by atoms with Gasteiger partial charge in [-0.25, -0.2) is 0 Å². The van der Waals surface area contributed by atoms with Crippen molar-refractivity contribution in [3.63, 3.8) is 0 Å². The van der Waals surface area contributed by atoms with Crippen LogP contribution < -0.4 is 5.32 Å². The van der Waals surface area contributed by atoms with E-state index in [9.17, 15) is 14.4 Å². The molecular weight excluding hydrogens is 328 g/mol. The number of imide groups is 1. The van der Waals surface area contributed by atoms with Crippen molar-refractivity contribution in [1.82, 2.24) is 4.90 Å². The Hall–Kier alpha value is -3.39. The number of carbonyl (C=O) groups is 3. The van der Waals surface area contributed by atoms with E-state index in [1.807, 2.05) is 42.5 Å². The van der Waals surface area contributed by atoms with Crippen LogP contribution in [0.1, 0.15) is 30.4 Å². The van der Waals surface area contributed by atoms with Crippen molar-refractivity contribution in [2.45, 2.75) is 19.3 Å². The van der Waals surface area contributed by atoms with E-state index in [2.05, 4.69) is 17.2 Å². The number of nitrogens with one attached hydrogen (secondary N) is 1. The normalized spacial score (nSPS) is 13.3. The Morgan fingerprint density at radius 3 is 2.31 bits per heavy atom. The fourth-order valence-electron chi connectivity index (χ4n) is 2.65. The lowest BCUT2D eigenvalue weighted by Crippen LogP contribution is -2.32. The molecule has 1 N–H and O–H groups in total. The minimum Gasteiger partial charge on any atom is -0.326 e. The van der Waals surface area contributed by atoms with Crippen molar-refractivity contribution >= 4 is 23.4 Å². The maximum atomic E-state index is 12.1. The molecule has 0 unspecified atom stereocenters. The Labute approximate surface area is 152 Å². The van der Waals surface area contributed by atoms with Crippen molar-refractivity contribution in [3.05, 3.63) is 65.7 Å². The molecule has 1 aliphatic rings. The number of hydrogen-bond acceptors (Lipinski definition) is 3. The van der Waals surface area contributed by atoms with Crippen molar-refractivity contribution in [3.8, 4) is 11.8 Å². The van der Waals surface area contributed by atoms with Gasteiger partial charge < -0.3 is 5.32 Å². The molecule has 0 aromatic heterocycles. The summed E-state index contributed by atoms with van der Waals surface area (Å²) in [6.45, 7) is 0.122. The van der Waals surface area contributed by atoms with Crippen LogP contribution in [0.15, 0.2) is 54.6 Å². The summed E-state index contributed by atoms with van der Waals surface area (Å²) >= 11 is 0. The molecule has 1 heterocycles. The van der Waals surface area contributed by atoms with Crippen LogP contribution in [-0.4, -0.2) is 29.2 Å². The van der Waals surface area contributed by atoms with Crippen molar-refractivity contribution in [2.24, 2.45) is 0 Å². The number of carbonyl (C=O) groups excluding carboxylic acids is 3. The number of anilines is 1. The highest BCUT2D eigenvalue weighted by Gasteiger charge is 2.28. The second kappa shape index (κ2) is 8.13. The first-order valence-corrected chi connectivity index (χ1v) is 8.42. The lowest BCUT2D eigenvalue weighted by Gasteiger charge is -2.13. The highest BCUT2D eigenvalue weighted by atomic mass is 16.2. The lowest BCUT2D eigenvalue weighted by molar-refractivity contribution is -0.138. The molecule has 5 heteroatoms. The molecule has 3 rings (SSSR count). The molecule has 1 fully saturated rings. The van der Waals surface area contributed by atoms with E-state index >= 15 is 0 Å². The predicted molar refractivity (Wildman–Crippen MR) is 98.1 cm³/mol. The zero-order valence-electron chi connectivity index (χ0n) is 14.2. The van der Waals surface area contributed by atoms with E-state index in [0.29, 0.717) is 5.69 Å². The quantitative estimate of drug-likeness (QED) is 0.683. The fraction of sp³-hybridized carbons (Fsp3) is 0.190. The lowest BCUT2D eigenvalue weighted by atomic mass is 10.1. The zero-order chi connectivity index (χ0) is 18.4. The van der Waals surface area contributed by atoms with E-state index in [0.717, 1.165) is 16.0 Å².